The molecule has 1 aliphatic rings. The van der Waals surface area contributed by atoms with Gasteiger partial charge in [0, 0.05) is 24.2 Å². The molecule has 1 aromatic rings. The normalized spacial score (nSPS) is 21.4. The van der Waals surface area contributed by atoms with Crippen molar-refractivity contribution in [2.75, 3.05) is 11.4 Å². The van der Waals surface area contributed by atoms with Crippen LogP contribution in [0.1, 0.15) is 43.9 Å². The van der Waals surface area contributed by atoms with Gasteiger partial charge in [0.1, 0.15) is 5.82 Å². The largest absolute Gasteiger partial charge is 0.354 e. The van der Waals surface area contributed by atoms with Crippen LogP contribution >= 0.6 is 11.6 Å². The van der Waals surface area contributed by atoms with Crippen LogP contribution in [0, 0.1) is 6.92 Å². The molecule has 2 rings (SSSR count). The lowest BCUT2D eigenvalue weighted by Gasteiger charge is -2.28. The lowest BCUT2D eigenvalue weighted by atomic mass is 10.1. The van der Waals surface area contributed by atoms with E-state index in [-0.39, 0.29) is 0 Å². The second-order valence-electron chi connectivity index (χ2n) is 5.00. The average molecular weight is 253 g/mol. The monoisotopic (exact) mass is 252 g/mol. The molecule has 0 aliphatic carbocycles. The fourth-order valence-corrected chi connectivity index (χ4v) is 2.71. The second-order valence-corrected chi connectivity index (χ2v) is 5.27. The van der Waals surface area contributed by atoms with Crippen molar-refractivity contribution in [2.24, 2.45) is 0 Å². The Kier molecular flexibility index (Phi) is 4.27. The van der Waals surface area contributed by atoms with Crippen molar-refractivity contribution in [3.63, 3.8) is 0 Å². The number of hydrogen-bond donors (Lipinski definition) is 0. The number of aryl methyl sites for hydroxylation is 1. The molecular formula is C14H21ClN2. The van der Waals surface area contributed by atoms with Gasteiger partial charge in [-0.15, -0.1) is 11.6 Å². The highest BCUT2D eigenvalue weighted by atomic mass is 35.5. The summed E-state index contributed by atoms with van der Waals surface area (Å²) in [7, 11) is 0. The van der Waals surface area contributed by atoms with Gasteiger partial charge in [-0.25, -0.2) is 4.98 Å². The Morgan fingerprint density at radius 3 is 2.94 bits per heavy atom. The quantitative estimate of drug-likeness (QED) is 0.743. The molecule has 17 heavy (non-hydrogen) atoms. The van der Waals surface area contributed by atoms with Crippen LogP contribution in [0.5, 0.6) is 0 Å². The summed E-state index contributed by atoms with van der Waals surface area (Å²) in [5, 5.41) is 0. The van der Waals surface area contributed by atoms with Crippen LogP contribution in [-0.2, 0) is 5.88 Å². The van der Waals surface area contributed by atoms with E-state index < -0.39 is 0 Å². The van der Waals surface area contributed by atoms with Crippen LogP contribution in [0.4, 0.5) is 5.82 Å². The van der Waals surface area contributed by atoms with Gasteiger partial charge in [0.05, 0.1) is 0 Å². The third-order valence-corrected chi connectivity index (χ3v) is 3.81. The van der Waals surface area contributed by atoms with Crippen LogP contribution in [0.2, 0.25) is 0 Å². The Balaban J connectivity index is 2.27. The highest BCUT2D eigenvalue weighted by Crippen LogP contribution is 2.24. The highest BCUT2D eigenvalue weighted by Gasteiger charge is 2.18. The summed E-state index contributed by atoms with van der Waals surface area (Å²) in [6.07, 6.45) is 5.23. The maximum absolute atomic E-state index is 5.93. The summed E-state index contributed by atoms with van der Waals surface area (Å²) in [5.41, 5.74) is 2.24. The number of rotatable bonds is 2. The average Bonchev–Trinajstić information content (AvgIpc) is 2.53. The van der Waals surface area contributed by atoms with Gasteiger partial charge in [-0.2, -0.15) is 0 Å². The van der Waals surface area contributed by atoms with Gasteiger partial charge in [0.15, 0.2) is 0 Å². The van der Waals surface area contributed by atoms with Crippen molar-refractivity contribution < 1.29 is 0 Å². The first-order valence-corrected chi connectivity index (χ1v) is 7.04. The molecule has 0 saturated carbocycles. The van der Waals surface area contributed by atoms with Gasteiger partial charge in [-0.05, 0) is 44.4 Å². The minimum atomic E-state index is 0.568. The summed E-state index contributed by atoms with van der Waals surface area (Å²) in [6.45, 7) is 5.47. The predicted octanol–water partition coefficient (Wildman–Crippen LogP) is 3.90. The summed E-state index contributed by atoms with van der Waals surface area (Å²) in [6, 6.07) is 4.80. The van der Waals surface area contributed by atoms with Gasteiger partial charge in [0.2, 0.25) is 0 Å². The number of nitrogens with zero attached hydrogens (tertiary/aromatic N) is 2. The molecular weight excluding hydrogens is 232 g/mol. The van der Waals surface area contributed by atoms with Crippen molar-refractivity contribution in [1.82, 2.24) is 4.98 Å². The van der Waals surface area contributed by atoms with E-state index in [4.69, 9.17) is 11.6 Å². The smallest absolute Gasteiger partial charge is 0.129 e. The van der Waals surface area contributed by atoms with E-state index in [9.17, 15) is 0 Å². The number of halogens is 1. The van der Waals surface area contributed by atoms with Crippen molar-refractivity contribution >= 4 is 17.4 Å². The van der Waals surface area contributed by atoms with E-state index in [1.807, 2.05) is 6.92 Å². The van der Waals surface area contributed by atoms with E-state index in [1.165, 1.54) is 31.2 Å². The van der Waals surface area contributed by atoms with Crippen molar-refractivity contribution in [3.05, 3.63) is 23.4 Å². The van der Waals surface area contributed by atoms with E-state index in [1.54, 1.807) is 0 Å². The fourth-order valence-electron chi connectivity index (χ4n) is 2.56. The van der Waals surface area contributed by atoms with Crippen molar-refractivity contribution in [3.8, 4) is 0 Å². The molecule has 1 unspecified atom stereocenters. The van der Waals surface area contributed by atoms with Gasteiger partial charge >= 0.3 is 0 Å². The summed E-state index contributed by atoms with van der Waals surface area (Å²) in [5.74, 6) is 1.67. The first-order valence-electron chi connectivity index (χ1n) is 6.51. The van der Waals surface area contributed by atoms with Gasteiger partial charge in [-0.3, -0.25) is 0 Å². The molecule has 2 heterocycles. The zero-order valence-electron chi connectivity index (χ0n) is 10.7. The Morgan fingerprint density at radius 2 is 2.18 bits per heavy atom. The molecule has 3 heteroatoms. The Hall–Kier alpha value is -0.760. The number of alkyl halides is 1. The second kappa shape index (κ2) is 5.72. The highest BCUT2D eigenvalue weighted by molar-refractivity contribution is 6.17. The minimum absolute atomic E-state index is 0.568. The molecule has 0 aromatic carbocycles. The molecule has 0 spiro atoms. The number of hydrogen-bond acceptors (Lipinski definition) is 2. The maximum Gasteiger partial charge on any atom is 0.129 e. The molecule has 1 saturated heterocycles. The molecule has 1 atom stereocenters. The van der Waals surface area contributed by atoms with Crippen molar-refractivity contribution in [1.29, 1.82) is 0 Å². The lowest BCUT2D eigenvalue weighted by Crippen LogP contribution is -2.33. The van der Waals surface area contributed by atoms with E-state index >= 15 is 0 Å². The first kappa shape index (κ1) is 12.7. The Labute approximate surface area is 109 Å². The van der Waals surface area contributed by atoms with E-state index in [2.05, 4.69) is 28.9 Å². The summed E-state index contributed by atoms with van der Waals surface area (Å²) >= 11 is 5.93. The molecule has 2 nitrogen and oxygen atoms in total. The summed E-state index contributed by atoms with van der Waals surface area (Å²) < 4.78 is 0. The molecule has 1 aliphatic heterocycles. The van der Waals surface area contributed by atoms with Gasteiger partial charge in [0.25, 0.3) is 0 Å². The third-order valence-electron chi connectivity index (χ3n) is 3.50. The van der Waals surface area contributed by atoms with Crippen LogP contribution in [0.3, 0.4) is 0 Å². The SMILES string of the molecule is Cc1cc(CCl)cc(N2CCCCCC2C)n1. The minimum Gasteiger partial charge on any atom is -0.354 e. The van der Waals surface area contributed by atoms with Crippen molar-refractivity contribution in [2.45, 2.75) is 51.5 Å². The summed E-state index contributed by atoms with van der Waals surface area (Å²) in [4.78, 5) is 7.11. The molecule has 0 N–H and O–H groups in total. The molecule has 0 bridgehead atoms. The van der Waals surface area contributed by atoms with Crippen LogP contribution in [0.15, 0.2) is 12.1 Å². The predicted molar refractivity (Wildman–Crippen MR) is 73.8 cm³/mol. The first-order chi connectivity index (χ1) is 8.20. The van der Waals surface area contributed by atoms with Gasteiger partial charge < -0.3 is 4.90 Å². The Morgan fingerprint density at radius 1 is 1.35 bits per heavy atom. The standard InChI is InChI=1S/C14H21ClN2/c1-11-8-13(10-15)9-14(16-11)17-7-5-3-4-6-12(17)2/h8-9,12H,3-7,10H2,1-2H3. The third kappa shape index (κ3) is 3.12. The zero-order valence-corrected chi connectivity index (χ0v) is 11.5. The van der Waals surface area contributed by atoms with Crippen LogP contribution in [-0.4, -0.2) is 17.6 Å². The van der Waals surface area contributed by atoms with E-state index in [0.717, 1.165) is 18.1 Å². The van der Waals surface area contributed by atoms with Crippen LogP contribution < -0.4 is 4.90 Å². The van der Waals surface area contributed by atoms with Crippen LogP contribution in [0.25, 0.3) is 0 Å². The van der Waals surface area contributed by atoms with E-state index in [0.29, 0.717) is 11.9 Å². The fraction of sp³-hybridized carbons (Fsp3) is 0.643. The maximum atomic E-state index is 5.93. The topological polar surface area (TPSA) is 16.1 Å². The number of pyridine rings is 1. The molecule has 0 amide bonds. The molecule has 94 valence electrons. The molecule has 1 fully saturated rings. The Bertz CT molecular complexity index is 378. The molecule has 0 radical (unpaired) electrons. The molecule has 1 aromatic heterocycles. The zero-order chi connectivity index (χ0) is 12.3. The number of aromatic nitrogens is 1. The lowest BCUT2D eigenvalue weighted by molar-refractivity contribution is 0.610. The number of anilines is 1. The van der Waals surface area contributed by atoms with Gasteiger partial charge in [-0.1, -0.05) is 12.8 Å².